The average Bonchev–Trinajstić information content (AvgIpc) is 2.80. The Morgan fingerprint density at radius 3 is 2.50 bits per heavy atom. The number of hydrogen-bond acceptors (Lipinski definition) is 7. The maximum atomic E-state index is 11.5. The monoisotopic (exact) mass is 334 g/mol. The van der Waals surface area contributed by atoms with Crippen LogP contribution in [0.25, 0.3) is 0 Å². The van der Waals surface area contributed by atoms with Crippen LogP contribution < -0.4 is 10.6 Å². The number of imide groups is 1. The van der Waals surface area contributed by atoms with Crippen molar-refractivity contribution >= 4 is 46.8 Å². The number of amides is 3. The van der Waals surface area contributed by atoms with Crippen LogP contribution in [0.2, 0.25) is 0 Å². The van der Waals surface area contributed by atoms with Crippen LogP contribution in [0, 0.1) is 0 Å². The minimum atomic E-state index is -0.470. The molecule has 0 aliphatic heterocycles. The Hall–Kier alpha value is -0.800. The van der Waals surface area contributed by atoms with E-state index in [0.29, 0.717) is 0 Å². The lowest BCUT2D eigenvalue weighted by Crippen LogP contribution is -2.43. The van der Waals surface area contributed by atoms with Gasteiger partial charge in [-0.05, 0) is 20.3 Å². The Morgan fingerprint density at radius 2 is 1.90 bits per heavy atom. The molecule has 0 spiro atoms. The molecule has 6 nitrogen and oxygen atoms in total. The minimum Gasteiger partial charge on any atom is -0.336 e. The van der Waals surface area contributed by atoms with Gasteiger partial charge >= 0.3 is 6.03 Å². The molecule has 0 aliphatic carbocycles. The highest BCUT2D eigenvalue weighted by molar-refractivity contribution is 8.03. The van der Waals surface area contributed by atoms with Gasteiger partial charge in [0.05, 0.1) is 5.75 Å². The summed E-state index contributed by atoms with van der Waals surface area (Å²) in [5.41, 5.74) is 0. The van der Waals surface area contributed by atoms with Crippen LogP contribution in [-0.2, 0) is 4.79 Å². The predicted octanol–water partition coefficient (Wildman–Crippen LogP) is 2.37. The van der Waals surface area contributed by atoms with Gasteiger partial charge in [0.2, 0.25) is 5.91 Å². The Kier molecular flexibility index (Phi) is 7.93. The van der Waals surface area contributed by atoms with Crippen LogP contribution in [0.4, 0.5) is 4.79 Å². The summed E-state index contributed by atoms with van der Waals surface area (Å²) in [6, 6.07) is -0.473. The largest absolute Gasteiger partial charge is 0.336 e. The summed E-state index contributed by atoms with van der Waals surface area (Å²) in [6.45, 7) is 5.77. The molecular formula is C11H18N4O2S3. The van der Waals surface area contributed by atoms with Gasteiger partial charge in [0.25, 0.3) is 0 Å². The smallest absolute Gasteiger partial charge is 0.321 e. The van der Waals surface area contributed by atoms with Crippen molar-refractivity contribution in [2.75, 3.05) is 11.5 Å². The van der Waals surface area contributed by atoms with Gasteiger partial charge in [-0.3, -0.25) is 10.1 Å². The molecule has 0 aliphatic rings. The van der Waals surface area contributed by atoms with Gasteiger partial charge in [-0.15, -0.1) is 10.2 Å². The molecule has 1 aromatic heterocycles. The lowest BCUT2D eigenvalue weighted by molar-refractivity contribution is -0.117. The quantitative estimate of drug-likeness (QED) is 0.745. The summed E-state index contributed by atoms with van der Waals surface area (Å²) in [5, 5.41) is 12.9. The second-order valence-electron chi connectivity index (χ2n) is 4.15. The van der Waals surface area contributed by atoms with Crippen LogP contribution in [0.5, 0.6) is 0 Å². The zero-order chi connectivity index (χ0) is 15.0. The van der Waals surface area contributed by atoms with Gasteiger partial charge in [-0.25, -0.2) is 4.79 Å². The number of thioether (sulfide) groups is 2. The fourth-order valence-electron chi connectivity index (χ4n) is 1.09. The molecule has 0 saturated carbocycles. The molecule has 3 amide bonds. The van der Waals surface area contributed by atoms with E-state index in [1.54, 1.807) is 11.8 Å². The molecule has 1 aromatic rings. The van der Waals surface area contributed by atoms with E-state index in [0.717, 1.165) is 20.9 Å². The SMILES string of the molecule is CCCSc1nnc(SCC(=O)NC(=O)NC(C)C)s1. The van der Waals surface area contributed by atoms with Crippen LogP contribution >= 0.6 is 34.9 Å². The Bertz CT molecular complexity index is 451. The molecule has 1 rings (SSSR count). The number of carbonyl (C=O) groups excluding carboxylic acids is 2. The van der Waals surface area contributed by atoms with Crippen molar-refractivity contribution in [1.29, 1.82) is 0 Å². The van der Waals surface area contributed by atoms with Gasteiger partial charge in [-0.1, -0.05) is 41.8 Å². The van der Waals surface area contributed by atoms with E-state index in [1.165, 1.54) is 23.1 Å². The molecule has 0 radical (unpaired) electrons. The van der Waals surface area contributed by atoms with Crippen LogP contribution in [0.3, 0.4) is 0 Å². The molecule has 2 N–H and O–H groups in total. The molecule has 0 fully saturated rings. The lowest BCUT2D eigenvalue weighted by Gasteiger charge is -2.08. The molecule has 0 aromatic carbocycles. The van der Waals surface area contributed by atoms with E-state index in [-0.39, 0.29) is 17.7 Å². The van der Waals surface area contributed by atoms with Crippen molar-refractivity contribution in [3.63, 3.8) is 0 Å². The van der Waals surface area contributed by atoms with E-state index in [4.69, 9.17) is 0 Å². The fraction of sp³-hybridized carbons (Fsp3) is 0.636. The van der Waals surface area contributed by atoms with Crippen molar-refractivity contribution < 1.29 is 9.59 Å². The number of nitrogens with one attached hydrogen (secondary N) is 2. The van der Waals surface area contributed by atoms with E-state index in [1.807, 2.05) is 13.8 Å². The summed E-state index contributed by atoms with van der Waals surface area (Å²) in [7, 11) is 0. The third-order valence-electron chi connectivity index (χ3n) is 1.82. The molecule has 1 heterocycles. The summed E-state index contributed by atoms with van der Waals surface area (Å²) in [4.78, 5) is 22.9. The molecule has 9 heteroatoms. The number of aromatic nitrogens is 2. The molecule has 20 heavy (non-hydrogen) atoms. The van der Waals surface area contributed by atoms with Crippen molar-refractivity contribution in [3.05, 3.63) is 0 Å². The number of urea groups is 1. The second-order valence-corrected chi connectivity index (χ2v) is 7.69. The molecule has 0 atom stereocenters. The van der Waals surface area contributed by atoms with Gasteiger partial charge in [-0.2, -0.15) is 0 Å². The molecule has 112 valence electrons. The van der Waals surface area contributed by atoms with Crippen molar-refractivity contribution in [2.24, 2.45) is 0 Å². The highest BCUT2D eigenvalue weighted by Gasteiger charge is 2.11. The molecule has 0 saturated heterocycles. The first-order valence-electron chi connectivity index (χ1n) is 6.20. The van der Waals surface area contributed by atoms with Gasteiger partial charge in [0.1, 0.15) is 0 Å². The van der Waals surface area contributed by atoms with Gasteiger partial charge < -0.3 is 5.32 Å². The third-order valence-corrected chi connectivity index (χ3v) is 5.21. The van der Waals surface area contributed by atoms with Gasteiger partial charge in [0.15, 0.2) is 8.68 Å². The van der Waals surface area contributed by atoms with E-state index >= 15 is 0 Å². The second kappa shape index (κ2) is 9.19. The first-order valence-corrected chi connectivity index (χ1v) is 8.99. The molecular weight excluding hydrogens is 316 g/mol. The topological polar surface area (TPSA) is 84.0 Å². The van der Waals surface area contributed by atoms with E-state index < -0.39 is 6.03 Å². The van der Waals surface area contributed by atoms with E-state index in [2.05, 4.69) is 27.8 Å². The summed E-state index contributed by atoms with van der Waals surface area (Å²) < 4.78 is 1.65. The lowest BCUT2D eigenvalue weighted by atomic mass is 10.4. The summed E-state index contributed by atoms with van der Waals surface area (Å²) in [5.74, 6) is 0.819. The number of carbonyl (C=O) groups is 2. The molecule has 0 bridgehead atoms. The highest BCUT2D eigenvalue weighted by Crippen LogP contribution is 2.28. The minimum absolute atomic E-state index is 0.00300. The first kappa shape index (κ1) is 17.3. The number of nitrogens with zero attached hydrogens (tertiary/aromatic N) is 2. The predicted molar refractivity (Wildman–Crippen MR) is 83.5 cm³/mol. The number of rotatable bonds is 7. The summed E-state index contributed by atoms with van der Waals surface area (Å²) >= 11 is 4.41. The van der Waals surface area contributed by atoms with Crippen molar-refractivity contribution in [1.82, 2.24) is 20.8 Å². The standard InChI is InChI=1S/C11H18N4O2S3/c1-4-5-18-10-14-15-11(20-10)19-6-8(16)13-9(17)12-7(2)3/h7H,4-6H2,1-3H3,(H2,12,13,16,17). The first-order chi connectivity index (χ1) is 9.51. The zero-order valence-corrected chi connectivity index (χ0v) is 14.1. The maximum absolute atomic E-state index is 11.5. The number of hydrogen-bond donors (Lipinski definition) is 2. The van der Waals surface area contributed by atoms with Gasteiger partial charge in [0, 0.05) is 11.8 Å². The van der Waals surface area contributed by atoms with Crippen LogP contribution in [-0.4, -0.2) is 39.7 Å². The normalized spacial score (nSPS) is 10.6. The van der Waals surface area contributed by atoms with Crippen molar-refractivity contribution in [2.45, 2.75) is 41.9 Å². The Labute approximate surface area is 130 Å². The fourth-order valence-corrected chi connectivity index (χ4v) is 3.84. The maximum Gasteiger partial charge on any atom is 0.321 e. The Balaban J connectivity index is 2.30. The third kappa shape index (κ3) is 7.11. The Morgan fingerprint density at radius 1 is 1.25 bits per heavy atom. The van der Waals surface area contributed by atoms with E-state index in [9.17, 15) is 9.59 Å². The highest BCUT2D eigenvalue weighted by atomic mass is 32.2. The van der Waals surface area contributed by atoms with Crippen LogP contribution in [0.1, 0.15) is 27.2 Å². The van der Waals surface area contributed by atoms with Crippen molar-refractivity contribution in [3.8, 4) is 0 Å². The average molecular weight is 334 g/mol. The zero-order valence-electron chi connectivity index (χ0n) is 11.6. The summed E-state index contributed by atoms with van der Waals surface area (Å²) in [6.07, 6.45) is 1.08. The molecule has 0 unspecified atom stereocenters. The van der Waals surface area contributed by atoms with Crippen LogP contribution in [0.15, 0.2) is 8.68 Å².